The summed E-state index contributed by atoms with van der Waals surface area (Å²) in [6.45, 7) is 5.59. The second-order valence-corrected chi connectivity index (χ2v) is 4.04. The van der Waals surface area contributed by atoms with E-state index >= 15 is 0 Å². The molecule has 1 atom stereocenters. The SMILES string of the molecule is CCC(C)(N)C(=O)Nc1ccccc1C. The molecule has 1 amide bonds. The number of rotatable bonds is 3. The van der Waals surface area contributed by atoms with E-state index in [0.29, 0.717) is 6.42 Å². The molecule has 3 N–H and O–H groups in total. The van der Waals surface area contributed by atoms with E-state index in [2.05, 4.69) is 5.32 Å². The fourth-order valence-electron chi connectivity index (χ4n) is 1.14. The van der Waals surface area contributed by atoms with Crippen molar-refractivity contribution in [1.82, 2.24) is 0 Å². The molecule has 3 nitrogen and oxygen atoms in total. The normalized spacial score (nSPS) is 14.4. The molecule has 0 aliphatic rings. The maximum atomic E-state index is 11.8. The van der Waals surface area contributed by atoms with Gasteiger partial charge in [-0.2, -0.15) is 0 Å². The van der Waals surface area contributed by atoms with Crippen LogP contribution in [0.15, 0.2) is 24.3 Å². The Morgan fingerprint density at radius 3 is 2.60 bits per heavy atom. The van der Waals surface area contributed by atoms with Gasteiger partial charge in [0.15, 0.2) is 0 Å². The fraction of sp³-hybridized carbons (Fsp3) is 0.417. The van der Waals surface area contributed by atoms with Crippen LogP contribution in [0, 0.1) is 6.92 Å². The van der Waals surface area contributed by atoms with Crippen LogP contribution in [0.25, 0.3) is 0 Å². The summed E-state index contributed by atoms with van der Waals surface area (Å²) in [5.41, 5.74) is 6.91. The van der Waals surface area contributed by atoms with Crippen molar-refractivity contribution in [2.45, 2.75) is 32.7 Å². The Bertz CT molecular complexity index is 358. The standard InChI is InChI=1S/C12H18N2O/c1-4-12(3,13)11(15)14-10-8-6-5-7-9(10)2/h5-8H,4,13H2,1-3H3,(H,14,15). The molecule has 0 aromatic heterocycles. The second-order valence-electron chi connectivity index (χ2n) is 4.04. The number of anilines is 1. The molecule has 82 valence electrons. The van der Waals surface area contributed by atoms with Crippen molar-refractivity contribution in [3.8, 4) is 0 Å². The summed E-state index contributed by atoms with van der Waals surface area (Å²) in [4.78, 5) is 11.8. The average molecular weight is 206 g/mol. The van der Waals surface area contributed by atoms with Crippen molar-refractivity contribution < 1.29 is 4.79 Å². The molecule has 0 saturated heterocycles. The summed E-state index contributed by atoms with van der Waals surface area (Å²) < 4.78 is 0. The maximum absolute atomic E-state index is 11.8. The van der Waals surface area contributed by atoms with Gasteiger partial charge in [0.2, 0.25) is 5.91 Å². The molecule has 0 aliphatic heterocycles. The molecular formula is C12H18N2O. The summed E-state index contributed by atoms with van der Waals surface area (Å²) in [6.07, 6.45) is 0.616. The van der Waals surface area contributed by atoms with E-state index in [1.165, 1.54) is 0 Å². The van der Waals surface area contributed by atoms with Gasteiger partial charge in [-0.15, -0.1) is 0 Å². The number of nitrogens with two attached hydrogens (primary N) is 1. The number of nitrogens with one attached hydrogen (secondary N) is 1. The number of para-hydroxylation sites is 1. The van der Waals surface area contributed by atoms with E-state index < -0.39 is 5.54 Å². The number of amides is 1. The predicted molar refractivity (Wildman–Crippen MR) is 62.7 cm³/mol. The third kappa shape index (κ3) is 2.80. The molecule has 1 aromatic rings. The Labute approximate surface area is 90.7 Å². The highest BCUT2D eigenvalue weighted by molar-refractivity contribution is 5.98. The Hall–Kier alpha value is -1.35. The van der Waals surface area contributed by atoms with Gasteiger partial charge in [-0.25, -0.2) is 0 Å². The highest BCUT2D eigenvalue weighted by Crippen LogP contribution is 2.15. The molecule has 0 spiro atoms. The van der Waals surface area contributed by atoms with Crippen LogP contribution in [0.3, 0.4) is 0 Å². The fourth-order valence-corrected chi connectivity index (χ4v) is 1.14. The Morgan fingerprint density at radius 1 is 1.47 bits per heavy atom. The Kier molecular flexibility index (Phi) is 3.48. The third-order valence-corrected chi connectivity index (χ3v) is 2.65. The van der Waals surface area contributed by atoms with Crippen molar-refractivity contribution in [3.05, 3.63) is 29.8 Å². The van der Waals surface area contributed by atoms with Gasteiger partial charge in [0.25, 0.3) is 0 Å². The lowest BCUT2D eigenvalue weighted by molar-refractivity contribution is -0.120. The number of benzene rings is 1. The van der Waals surface area contributed by atoms with Gasteiger partial charge >= 0.3 is 0 Å². The zero-order valence-electron chi connectivity index (χ0n) is 9.50. The van der Waals surface area contributed by atoms with E-state index in [4.69, 9.17) is 5.73 Å². The Balaban J connectivity index is 2.80. The molecule has 15 heavy (non-hydrogen) atoms. The molecule has 1 aromatic carbocycles. The van der Waals surface area contributed by atoms with Crippen molar-refractivity contribution in [3.63, 3.8) is 0 Å². The molecular weight excluding hydrogens is 188 g/mol. The molecule has 0 heterocycles. The monoisotopic (exact) mass is 206 g/mol. The van der Waals surface area contributed by atoms with Gasteiger partial charge in [-0.3, -0.25) is 4.79 Å². The summed E-state index contributed by atoms with van der Waals surface area (Å²) in [7, 11) is 0. The van der Waals surface area contributed by atoms with Gasteiger partial charge in [-0.05, 0) is 31.9 Å². The first kappa shape index (κ1) is 11.7. The molecule has 0 radical (unpaired) electrons. The highest BCUT2D eigenvalue weighted by Gasteiger charge is 2.25. The van der Waals surface area contributed by atoms with Crippen LogP contribution >= 0.6 is 0 Å². The van der Waals surface area contributed by atoms with Crippen molar-refractivity contribution in [1.29, 1.82) is 0 Å². The first-order valence-electron chi connectivity index (χ1n) is 5.13. The summed E-state index contributed by atoms with van der Waals surface area (Å²) >= 11 is 0. The minimum Gasteiger partial charge on any atom is -0.324 e. The largest absolute Gasteiger partial charge is 0.324 e. The van der Waals surface area contributed by atoms with Crippen molar-refractivity contribution >= 4 is 11.6 Å². The molecule has 3 heteroatoms. The van der Waals surface area contributed by atoms with E-state index in [0.717, 1.165) is 11.3 Å². The average Bonchev–Trinajstić information content (AvgIpc) is 2.21. The molecule has 0 fully saturated rings. The first-order valence-corrected chi connectivity index (χ1v) is 5.13. The van der Waals surface area contributed by atoms with Gasteiger partial charge in [-0.1, -0.05) is 25.1 Å². The van der Waals surface area contributed by atoms with Crippen LogP contribution in [0.2, 0.25) is 0 Å². The zero-order chi connectivity index (χ0) is 11.5. The molecule has 0 bridgehead atoms. The number of carbonyl (C=O) groups is 1. The maximum Gasteiger partial charge on any atom is 0.244 e. The smallest absolute Gasteiger partial charge is 0.244 e. The lowest BCUT2D eigenvalue weighted by atomic mass is 9.99. The minimum absolute atomic E-state index is 0.140. The lowest BCUT2D eigenvalue weighted by Gasteiger charge is -2.22. The molecule has 1 unspecified atom stereocenters. The van der Waals surface area contributed by atoms with Crippen molar-refractivity contribution in [2.24, 2.45) is 5.73 Å². The minimum atomic E-state index is -0.803. The van der Waals surface area contributed by atoms with Gasteiger partial charge in [0, 0.05) is 5.69 Å². The number of hydrogen-bond acceptors (Lipinski definition) is 2. The van der Waals surface area contributed by atoms with E-state index in [-0.39, 0.29) is 5.91 Å². The zero-order valence-corrected chi connectivity index (χ0v) is 9.50. The van der Waals surface area contributed by atoms with Crippen LogP contribution in [-0.2, 0) is 4.79 Å². The van der Waals surface area contributed by atoms with Gasteiger partial charge < -0.3 is 11.1 Å². The van der Waals surface area contributed by atoms with Crippen LogP contribution < -0.4 is 11.1 Å². The number of carbonyl (C=O) groups excluding carboxylic acids is 1. The van der Waals surface area contributed by atoms with Crippen molar-refractivity contribution in [2.75, 3.05) is 5.32 Å². The Morgan fingerprint density at radius 2 is 2.07 bits per heavy atom. The van der Waals surface area contributed by atoms with E-state index in [1.54, 1.807) is 6.92 Å². The first-order chi connectivity index (χ1) is 6.97. The van der Waals surface area contributed by atoms with Crippen LogP contribution in [0.1, 0.15) is 25.8 Å². The van der Waals surface area contributed by atoms with E-state index in [1.807, 2.05) is 38.1 Å². The van der Waals surface area contributed by atoms with Gasteiger partial charge in [0.1, 0.15) is 0 Å². The topological polar surface area (TPSA) is 55.1 Å². The summed E-state index contributed by atoms with van der Waals surface area (Å²) in [6, 6.07) is 7.66. The number of hydrogen-bond donors (Lipinski definition) is 2. The highest BCUT2D eigenvalue weighted by atomic mass is 16.2. The predicted octanol–water partition coefficient (Wildman–Crippen LogP) is 2.06. The molecule has 0 saturated carbocycles. The summed E-state index contributed by atoms with van der Waals surface area (Å²) in [5, 5.41) is 2.84. The lowest BCUT2D eigenvalue weighted by Crippen LogP contribution is -2.47. The van der Waals surface area contributed by atoms with Crippen LogP contribution in [0.5, 0.6) is 0 Å². The van der Waals surface area contributed by atoms with E-state index in [9.17, 15) is 4.79 Å². The van der Waals surface area contributed by atoms with Crippen LogP contribution in [0.4, 0.5) is 5.69 Å². The number of aryl methyl sites for hydroxylation is 1. The second kappa shape index (κ2) is 4.45. The van der Waals surface area contributed by atoms with Gasteiger partial charge in [0.05, 0.1) is 5.54 Å². The molecule has 1 rings (SSSR count). The quantitative estimate of drug-likeness (QED) is 0.795. The van der Waals surface area contributed by atoms with Crippen LogP contribution in [-0.4, -0.2) is 11.4 Å². The third-order valence-electron chi connectivity index (χ3n) is 2.65. The molecule has 0 aliphatic carbocycles. The summed E-state index contributed by atoms with van der Waals surface area (Å²) in [5.74, 6) is -0.140.